The number of sulfonamides is 1. The molecule has 31 heavy (non-hydrogen) atoms. The molecule has 0 aliphatic heterocycles. The van der Waals surface area contributed by atoms with Crippen molar-refractivity contribution in [2.75, 3.05) is 23.8 Å². The molecule has 0 saturated heterocycles. The third-order valence-electron chi connectivity index (χ3n) is 4.55. The van der Waals surface area contributed by atoms with E-state index in [1.165, 1.54) is 38.4 Å². The van der Waals surface area contributed by atoms with E-state index < -0.39 is 16.1 Å². The van der Waals surface area contributed by atoms with Gasteiger partial charge in [-0.1, -0.05) is 17.7 Å². The van der Waals surface area contributed by atoms with Gasteiger partial charge in [-0.05, 0) is 73.2 Å². The van der Waals surface area contributed by atoms with E-state index in [1.807, 2.05) is 6.92 Å². The fourth-order valence-electron chi connectivity index (χ4n) is 2.69. The molecule has 3 aromatic carbocycles. The molecule has 0 aliphatic rings. The molecule has 0 aromatic heterocycles. The first kappa shape index (κ1) is 22.5. The Labute approximate surface area is 186 Å². The second kappa shape index (κ2) is 9.28. The Morgan fingerprint density at radius 2 is 1.58 bits per heavy atom. The highest BCUT2D eigenvalue weighted by Gasteiger charge is 2.21. The topological polar surface area (TPSA) is 84.9 Å². The van der Waals surface area contributed by atoms with Gasteiger partial charge in [0.2, 0.25) is 0 Å². The van der Waals surface area contributed by atoms with Crippen LogP contribution in [-0.4, -0.2) is 28.7 Å². The van der Waals surface area contributed by atoms with Crippen LogP contribution in [0.25, 0.3) is 0 Å². The highest BCUT2D eigenvalue weighted by molar-refractivity contribution is 7.92. The van der Waals surface area contributed by atoms with Crippen molar-refractivity contribution in [2.45, 2.75) is 11.8 Å². The van der Waals surface area contributed by atoms with Gasteiger partial charge in [-0.25, -0.2) is 13.2 Å². The molecule has 9 heteroatoms. The second-order valence-electron chi connectivity index (χ2n) is 6.62. The number of aryl methyl sites for hydroxylation is 1. The van der Waals surface area contributed by atoms with Gasteiger partial charge in [0, 0.05) is 17.8 Å². The maximum Gasteiger partial charge on any atom is 0.417 e. The summed E-state index contributed by atoms with van der Waals surface area (Å²) in [5.41, 5.74) is 1.81. The van der Waals surface area contributed by atoms with Crippen LogP contribution in [0, 0.1) is 6.92 Å². The van der Waals surface area contributed by atoms with Crippen LogP contribution in [0.4, 0.5) is 16.2 Å². The summed E-state index contributed by atoms with van der Waals surface area (Å²) in [6.07, 6.45) is -0.688. The number of nitrogens with zero attached hydrogens (tertiary/aromatic N) is 1. The van der Waals surface area contributed by atoms with Crippen LogP contribution in [0.3, 0.4) is 0 Å². The smallest absolute Gasteiger partial charge is 0.417 e. The van der Waals surface area contributed by atoms with Crippen molar-refractivity contribution < 1.29 is 22.7 Å². The molecular weight excluding hydrogens is 440 g/mol. The Morgan fingerprint density at radius 1 is 0.968 bits per heavy atom. The zero-order valence-corrected chi connectivity index (χ0v) is 18.7. The lowest BCUT2D eigenvalue weighted by molar-refractivity contribution is 0.215. The number of amides is 1. The summed E-state index contributed by atoms with van der Waals surface area (Å²) >= 11 is 6.05. The number of halogens is 1. The van der Waals surface area contributed by atoms with Crippen molar-refractivity contribution in [2.24, 2.45) is 0 Å². The molecule has 1 N–H and O–H groups in total. The normalized spacial score (nSPS) is 11.0. The SMILES string of the molecule is COc1ccc(S(=O)(=O)N(C)c2ccc(OC(=O)Nc3ccc(C)c(Cl)c3)cc2)cc1. The molecule has 3 rings (SSSR count). The summed E-state index contributed by atoms with van der Waals surface area (Å²) in [7, 11) is -0.799. The molecule has 0 radical (unpaired) electrons. The standard InChI is InChI=1S/C22H21ClN2O5S/c1-15-4-5-16(14-21(15)23)24-22(26)30-19-8-6-17(7-9-19)25(2)31(27,28)20-12-10-18(29-3)11-13-20/h4-14H,1-3H3,(H,24,26). The summed E-state index contributed by atoms with van der Waals surface area (Å²) in [6, 6.07) is 17.4. The molecule has 0 heterocycles. The van der Waals surface area contributed by atoms with Crippen molar-refractivity contribution in [1.82, 2.24) is 0 Å². The fraction of sp³-hybridized carbons (Fsp3) is 0.136. The number of nitrogens with one attached hydrogen (secondary N) is 1. The summed E-state index contributed by atoms with van der Waals surface area (Å²) in [5, 5.41) is 3.12. The molecule has 1 amide bonds. The highest BCUT2D eigenvalue weighted by Crippen LogP contribution is 2.26. The van der Waals surface area contributed by atoms with E-state index >= 15 is 0 Å². The predicted octanol–water partition coefficient (Wildman–Crippen LogP) is 5.09. The Hall–Kier alpha value is -3.23. The Balaban J connectivity index is 1.68. The van der Waals surface area contributed by atoms with E-state index in [-0.39, 0.29) is 10.6 Å². The third-order valence-corrected chi connectivity index (χ3v) is 6.75. The van der Waals surface area contributed by atoms with Crippen LogP contribution in [0.2, 0.25) is 5.02 Å². The molecule has 0 bridgehead atoms. The van der Waals surface area contributed by atoms with Crippen LogP contribution in [-0.2, 0) is 10.0 Å². The summed E-state index contributed by atoms with van der Waals surface area (Å²) < 4.78 is 37.1. The van der Waals surface area contributed by atoms with Gasteiger partial charge in [0.05, 0.1) is 17.7 Å². The minimum absolute atomic E-state index is 0.132. The fourth-order valence-corrected chi connectivity index (χ4v) is 4.07. The predicted molar refractivity (Wildman–Crippen MR) is 121 cm³/mol. The Bertz CT molecular complexity index is 1180. The van der Waals surface area contributed by atoms with E-state index in [0.717, 1.165) is 9.87 Å². The average Bonchev–Trinajstić information content (AvgIpc) is 2.76. The molecule has 0 spiro atoms. The van der Waals surface area contributed by atoms with Gasteiger partial charge in [-0.2, -0.15) is 0 Å². The van der Waals surface area contributed by atoms with Crippen LogP contribution in [0.5, 0.6) is 11.5 Å². The molecule has 7 nitrogen and oxygen atoms in total. The Morgan fingerprint density at radius 3 is 2.16 bits per heavy atom. The van der Waals surface area contributed by atoms with E-state index in [9.17, 15) is 13.2 Å². The van der Waals surface area contributed by atoms with Crippen LogP contribution >= 0.6 is 11.6 Å². The van der Waals surface area contributed by atoms with E-state index in [4.69, 9.17) is 21.1 Å². The van der Waals surface area contributed by atoms with Crippen LogP contribution < -0.4 is 19.1 Å². The number of anilines is 2. The maximum atomic E-state index is 12.8. The number of carbonyl (C=O) groups excluding carboxylic acids is 1. The number of ether oxygens (including phenoxy) is 2. The Kier molecular flexibility index (Phi) is 6.72. The number of benzene rings is 3. The lowest BCUT2D eigenvalue weighted by Crippen LogP contribution is -2.26. The lowest BCUT2D eigenvalue weighted by atomic mass is 10.2. The van der Waals surface area contributed by atoms with Crippen LogP contribution in [0.1, 0.15) is 5.56 Å². The van der Waals surface area contributed by atoms with Gasteiger partial charge in [0.25, 0.3) is 10.0 Å². The van der Waals surface area contributed by atoms with Crippen molar-refractivity contribution in [3.05, 3.63) is 77.3 Å². The van der Waals surface area contributed by atoms with Gasteiger partial charge in [-0.15, -0.1) is 0 Å². The van der Waals surface area contributed by atoms with Crippen molar-refractivity contribution in [3.63, 3.8) is 0 Å². The average molecular weight is 461 g/mol. The number of methoxy groups -OCH3 is 1. The maximum absolute atomic E-state index is 12.8. The lowest BCUT2D eigenvalue weighted by Gasteiger charge is -2.20. The van der Waals surface area contributed by atoms with Gasteiger partial charge in [-0.3, -0.25) is 9.62 Å². The zero-order chi connectivity index (χ0) is 22.6. The quantitative estimate of drug-likeness (QED) is 0.553. The number of hydrogen-bond donors (Lipinski definition) is 1. The number of hydrogen-bond acceptors (Lipinski definition) is 5. The first-order valence-corrected chi connectivity index (χ1v) is 11.0. The van der Waals surface area contributed by atoms with Crippen LogP contribution in [0.15, 0.2) is 71.6 Å². The minimum Gasteiger partial charge on any atom is -0.497 e. The summed E-state index contributed by atoms with van der Waals surface area (Å²) in [6.45, 7) is 1.86. The molecule has 0 atom stereocenters. The molecular formula is C22H21ClN2O5S. The number of carbonyl (C=O) groups is 1. The molecule has 3 aromatic rings. The second-order valence-corrected chi connectivity index (χ2v) is 9.00. The van der Waals surface area contributed by atoms with Crippen molar-refractivity contribution in [3.8, 4) is 11.5 Å². The largest absolute Gasteiger partial charge is 0.497 e. The molecule has 162 valence electrons. The summed E-state index contributed by atoms with van der Waals surface area (Å²) in [5.74, 6) is 0.823. The van der Waals surface area contributed by atoms with Gasteiger partial charge in [0.15, 0.2) is 0 Å². The number of rotatable bonds is 6. The first-order chi connectivity index (χ1) is 14.7. The van der Waals surface area contributed by atoms with E-state index in [2.05, 4.69) is 5.32 Å². The minimum atomic E-state index is -3.76. The van der Waals surface area contributed by atoms with Crippen molar-refractivity contribution in [1.29, 1.82) is 0 Å². The third kappa shape index (κ3) is 5.28. The van der Waals surface area contributed by atoms with Gasteiger partial charge in [0.1, 0.15) is 11.5 Å². The molecule has 0 fully saturated rings. The van der Waals surface area contributed by atoms with Gasteiger partial charge >= 0.3 is 6.09 Å². The van der Waals surface area contributed by atoms with E-state index in [1.54, 1.807) is 42.5 Å². The van der Waals surface area contributed by atoms with Gasteiger partial charge < -0.3 is 9.47 Å². The molecule has 0 saturated carbocycles. The summed E-state index contributed by atoms with van der Waals surface area (Å²) in [4.78, 5) is 12.2. The highest BCUT2D eigenvalue weighted by atomic mass is 35.5. The molecule has 0 unspecified atom stereocenters. The zero-order valence-electron chi connectivity index (χ0n) is 17.1. The van der Waals surface area contributed by atoms with Crippen molar-refractivity contribution >= 4 is 39.1 Å². The van der Waals surface area contributed by atoms with E-state index in [0.29, 0.717) is 22.1 Å². The molecule has 0 aliphatic carbocycles. The first-order valence-electron chi connectivity index (χ1n) is 9.19. The monoisotopic (exact) mass is 460 g/mol.